The Morgan fingerprint density at radius 2 is 1.95 bits per heavy atom. The van der Waals surface area contributed by atoms with Crippen LogP contribution in [0.4, 0.5) is 5.69 Å². The molecule has 4 rings (SSSR count). The number of carbonyl (C=O) groups is 1. The summed E-state index contributed by atoms with van der Waals surface area (Å²) in [5, 5.41) is 13.3. The molecule has 0 radical (unpaired) electrons. The number of hydrogen-bond acceptors (Lipinski definition) is 6. The van der Waals surface area contributed by atoms with Crippen LogP contribution in [0, 0.1) is 32.1 Å². The van der Waals surface area contributed by atoms with Crippen molar-refractivity contribution in [2.24, 2.45) is 0 Å². The predicted octanol–water partition coefficient (Wildman–Crippen LogP) is 4.02. The van der Waals surface area contributed by atoms with Gasteiger partial charge in [-0.25, -0.2) is 0 Å². The summed E-state index contributed by atoms with van der Waals surface area (Å²) in [6, 6.07) is 16.3. The average molecular weight is 531 g/mol. The third-order valence-electron chi connectivity index (χ3n) is 5.68. The second-order valence-electron chi connectivity index (χ2n) is 8.34. The molecule has 2 heterocycles. The second kappa shape index (κ2) is 10.8. The van der Waals surface area contributed by atoms with Gasteiger partial charge in [-0.05, 0) is 67.8 Å². The molecule has 2 aromatic carbocycles. The van der Waals surface area contributed by atoms with E-state index in [0.717, 1.165) is 28.0 Å². The third kappa shape index (κ3) is 5.33. The molecule has 0 aliphatic rings. The monoisotopic (exact) mass is 530 g/mol. The molecule has 0 bridgehead atoms. The molecule has 0 saturated carbocycles. The van der Waals surface area contributed by atoms with Crippen LogP contribution in [0.5, 0.6) is 5.75 Å². The number of rotatable bonds is 5. The topological polar surface area (TPSA) is 97.0 Å². The number of nitriles is 1. The van der Waals surface area contributed by atoms with Crippen molar-refractivity contribution in [1.82, 2.24) is 9.55 Å². The number of aryl methyl sites for hydroxylation is 3. The number of benzene rings is 2. The maximum absolute atomic E-state index is 13.7. The first-order valence-electron chi connectivity index (χ1n) is 11.3. The molecule has 0 unspecified atom stereocenters. The van der Waals surface area contributed by atoms with Crippen LogP contribution >= 0.6 is 22.9 Å². The standard InChI is InChI=1S/C28H23ClN4O3S/c1-16-8-9-17(2)23(11-16)33-27(35)25(13-19-7-5-6-10-31-19)37-28(33)20(15-30)26(34)32-22-12-18(3)21(29)14-24(22)36-4/h5-14H,1-4H3,(H,32,34). The molecule has 2 aromatic heterocycles. The number of nitrogens with one attached hydrogen (secondary N) is 1. The highest BCUT2D eigenvalue weighted by Crippen LogP contribution is 2.31. The number of nitrogens with zero attached hydrogens (tertiary/aromatic N) is 3. The number of ether oxygens (including phenoxy) is 1. The van der Waals surface area contributed by atoms with E-state index in [1.807, 2.05) is 44.2 Å². The van der Waals surface area contributed by atoms with Crippen LogP contribution in [0.15, 0.2) is 59.5 Å². The van der Waals surface area contributed by atoms with E-state index in [4.69, 9.17) is 16.3 Å². The SMILES string of the molecule is COc1cc(Cl)c(C)cc1NC(=O)C(C#N)=c1sc(=Cc2ccccn2)c(=O)n1-c1cc(C)ccc1C. The van der Waals surface area contributed by atoms with Crippen molar-refractivity contribution in [3.8, 4) is 17.5 Å². The van der Waals surface area contributed by atoms with Gasteiger partial charge in [0.05, 0.1) is 28.7 Å². The number of methoxy groups -OCH3 is 1. The van der Waals surface area contributed by atoms with Crippen molar-refractivity contribution in [1.29, 1.82) is 5.26 Å². The number of halogens is 1. The third-order valence-corrected chi connectivity index (χ3v) is 7.18. The molecule has 0 aliphatic heterocycles. The zero-order valence-electron chi connectivity index (χ0n) is 20.6. The average Bonchev–Trinajstić information content (AvgIpc) is 3.18. The van der Waals surface area contributed by atoms with Crippen LogP contribution in [-0.4, -0.2) is 22.6 Å². The Kier molecular flexibility index (Phi) is 7.58. The van der Waals surface area contributed by atoms with E-state index in [9.17, 15) is 14.9 Å². The second-order valence-corrected chi connectivity index (χ2v) is 9.78. The van der Waals surface area contributed by atoms with Gasteiger partial charge < -0.3 is 10.1 Å². The van der Waals surface area contributed by atoms with Gasteiger partial charge in [-0.1, -0.05) is 29.8 Å². The normalized spacial score (nSPS) is 12.2. The first-order chi connectivity index (χ1) is 17.7. The van der Waals surface area contributed by atoms with E-state index in [0.29, 0.717) is 32.4 Å². The van der Waals surface area contributed by atoms with Crippen molar-refractivity contribution in [2.75, 3.05) is 12.4 Å². The summed E-state index contributed by atoms with van der Waals surface area (Å²) >= 11 is 7.25. The van der Waals surface area contributed by atoms with Gasteiger partial charge in [0.15, 0.2) is 5.57 Å². The quantitative estimate of drug-likeness (QED) is 0.420. The van der Waals surface area contributed by atoms with Gasteiger partial charge in [0.25, 0.3) is 11.5 Å². The van der Waals surface area contributed by atoms with Crippen LogP contribution < -0.4 is 24.8 Å². The van der Waals surface area contributed by atoms with Crippen molar-refractivity contribution < 1.29 is 9.53 Å². The van der Waals surface area contributed by atoms with Crippen molar-refractivity contribution in [2.45, 2.75) is 20.8 Å². The van der Waals surface area contributed by atoms with Gasteiger partial charge in [-0.3, -0.25) is 19.1 Å². The van der Waals surface area contributed by atoms with E-state index < -0.39 is 5.91 Å². The lowest BCUT2D eigenvalue weighted by molar-refractivity contribution is -0.111. The van der Waals surface area contributed by atoms with Gasteiger partial charge in [-0.2, -0.15) is 5.26 Å². The van der Waals surface area contributed by atoms with Crippen LogP contribution in [-0.2, 0) is 4.79 Å². The number of aromatic nitrogens is 2. The lowest BCUT2D eigenvalue weighted by Gasteiger charge is -2.12. The number of amides is 1. The van der Waals surface area contributed by atoms with Gasteiger partial charge in [-0.15, -0.1) is 11.3 Å². The first-order valence-corrected chi connectivity index (χ1v) is 12.4. The Balaban J connectivity index is 2.00. The maximum Gasteiger partial charge on any atom is 0.273 e. The Labute approximate surface area is 222 Å². The zero-order valence-corrected chi connectivity index (χ0v) is 22.2. The molecule has 7 nitrogen and oxygen atoms in total. The molecule has 0 atom stereocenters. The van der Waals surface area contributed by atoms with Crippen LogP contribution in [0.3, 0.4) is 0 Å². The van der Waals surface area contributed by atoms with Crippen LogP contribution in [0.25, 0.3) is 17.3 Å². The molecular weight excluding hydrogens is 508 g/mol. The van der Waals surface area contributed by atoms with Gasteiger partial charge in [0, 0.05) is 17.3 Å². The van der Waals surface area contributed by atoms with Crippen molar-refractivity contribution in [3.63, 3.8) is 0 Å². The first kappa shape index (κ1) is 25.9. The predicted molar refractivity (Wildman–Crippen MR) is 147 cm³/mol. The molecule has 186 valence electrons. The Morgan fingerprint density at radius 1 is 1.16 bits per heavy atom. The molecule has 1 N–H and O–H groups in total. The minimum atomic E-state index is -0.674. The molecule has 0 aliphatic carbocycles. The number of carbonyl (C=O) groups excluding carboxylic acids is 1. The fraction of sp³-hybridized carbons (Fsp3) is 0.143. The van der Waals surface area contributed by atoms with Crippen LogP contribution in [0.2, 0.25) is 5.02 Å². The fourth-order valence-corrected chi connectivity index (χ4v) is 4.97. The van der Waals surface area contributed by atoms with E-state index in [1.165, 1.54) is 11.7 Å². The summed E-state index contributed by atoms with van der Waals surface area (Å²) in [6.07, 6.45) is 3.28. The summed E-state index contributed by atoms with van der Waals surface area (Å²) in [7, 11) is 1.46. The zero-order chi connectivity index (χ0) is 26.7. The smallest absolute Gasteiger partial charge is 0.273 e. The van der Waals surface area contributed by atoms with Crippen molar-refractivity contribution in [3.05, 3.63) is 102 Å². The molecule has 9 heteroatoms. The maximum atomic E-state index is 13.7. The largest absolute Gasteiger partial charge is 0.495 e. The fourth-order valence-electron chi connectivity index (χ4n) is 3.74. The van der Waals surface area contributed by atoms with E-state index in [-0.39, 0.29) is 15.8 Å². The Hall–Kier alpha value is -4.19. The number of pyridine rings is 1. The minimum absolute atomic E-state index is 0.210. The Morgan fingerprint density at radius 3 is 2.62 bits per heavy atom. The molecule has 4 aromatic rings. The lowest BCUT2D eigenvalue weighted by atomic mass is 10.1. The molecule has 37 heavy (non-hydrogen) atoms. The van der Waals surface area contributed by atoms with Crippen molar-refractivity contribution >= 4 is 46.2 Å². The van der Waals surface area contributed by atoms with Gasteiger partial charge in [0.1, 0.15) is 16.5 Å². The molecule has 0 fully saturated rings. The summed E-state index contributed by atoms with van der Waals surface area (Å²) in [5.74, 6) is -0.323. The summed E-state index contributed by atoms with van der Waals surface area (Å²) in [6.45, 7) is 5.58. The molecule has 1 amide bonds. The molecule has 0 spiro atoms. The number of thiazole rings is 1. The molecule has 0 saturated heterocycles. The summed E-state index contributed by atoms with van der Waals surface area (Å²) < 4.78 is 7.33. The van der Waals surface area contributed by atoms with Gasteiger partial charge in [0.2, 0.25) is 0 Å². The van der Waals surface area contributed by atoms with Gasteiger partial charge >= 0.3 is 0 Å². The Bertz CT molecular complexity index is 1730. The summed E-state index contributed by atoms with van der Waals surface area (Å²) in [5.41, 5.74) is 3.47. The highest BCUT2D eigenvalue weighted by Gasteiger charge is 2.20. The highest BCUT2D eigenvalue weighted by molar-refractivity contribution is 7.07. The van der Waals surface area contributed by atoms with E-state index in [2.05, 4.69) is 10.3 Å². The minimum Gasteiger partial charge on any atom is -0.495 e. The number of hydrogen-bond donors (Lipinski definition) is 1. The van der Waals surface area contributed by atoms with E-state index >= 15 is 0 Å². The van der Waals surface area contributed by atoms with E-state index in [1.54, 1.807) is 43.5 Å². The summed E-state index contributed by atoms with van der Waals surface area (Å²) in [4.78, 5) is 31.4. The molecular formula is C28H23ClN4O3S. The number of anilines is 1. The lowest BCUT2D eigenvalue weighted by Crippen LogP contribution is -2.32. The highest BCUT2D eigenvalue weighted by atomic mass is 35.5. The van der Waals surface area contributed by atoms with Crippen LogP contribution in [0.1, 0.15) is 22.4 Å².